The molecule has 136 valence electrons. The van der Waals surface area contributed by atoms with Gasteiger partial charge < -0.3 is 10.6 Å². The number of para-hydroxylation sites is 1. The van der Waals surface area contributed by atoms with E-state index < -0.39 is 0 Å². The molecule has 0 unspecified atom stereocenters. The van der Waals surface area contributed by atoms with Crippen molar-refractivity contribution in [3.63, 3.8) is 0 Å². The Morgan fingerprint density at radius 3 is 2.31 bits per heavy atom. The van der Waals surface area contributed by atoms with Crippen LogP contribution < -0.4 is 10.6 Å². The Bertz CT molecular complexity index is 795. The number of nitrogens with one attached hydrogen (secondary N) is 2. The van der Waals surface area contributed by atoms with Gasteiger partial charge in [-0.2, -0.15) is 0 Å². The molecular formula is C21H25N3O2. The van der Waals surface area contributed by atoms with Crippen LogP contribution in [0.4, 0.5) is 5.69 Å². The second kappa shape index (κ2) is 8.13. The minimum Gasteiger partial charge on any atom is -0.348 e. The van der Waals surface area contributed by atoms with Crippen molar-refractivity contribution in [1.82, 2.24) is 10.3 Å². The van der Waals surface area contributed by atoms with Crippen LogP contribution in [0.25, 0.3) is 0 Å². The number of amides is 2. The van der Waals surface area contributed by atoms with Crippen molar-refractivity contribution in [1.29, 1.82) is 0 Å². The molecule has 1 aromatic heterocycles. The van der Waals surface area contributed by atoms with Gasteiger partial charge >= 0.3 is 0 Å². The standard InChI is InChI=1S/C21H25N3O2/c1-14(2)16-10-5-6-11-17(16)24-21(26)19-13-7-12-18(23-19)20(25)22-15-8-3-4-9-15/h5-7,10-15H,3-4,8-9H2,1-2H3,(H,22,25)(H,24,26). The van der Waals surface area contributed by atoms with E-state index in [0.717, 1.165) is 36.9 Å². The summed E-state index contributed by atoms with van der Waals surface area (Å²) >= 11 is 0. The average Bonchev–Trinajstić information content (AvgIpc) is 3.15. The third kappa shape index (κ3) is 4.28. The summed E-state index contributed by atoms with van der Waals surface area (Å²) in [4.78, 5) is 29.2. The normalized spacial score (nSPS) is 14.4. The Morgan fingerprint density at radius 2 is 1.62 bits per heavy atom. The molecule has 1 aliphatic rings. The zero-order valence-corrected chi connectivity index (χ0v) is 15.3. The van der Waals surface area contributed by atoms with Gasteiger partial charge in [-0.15, -0.1) is 0 Å². The summed E-state index contributed by atoms with van der Waals surface area (Å²) in [6, 6.07) is 12.9. The Kier molecular flexibility index (Phi) is 5.66. The van der Waals surface area contributed by atoms with Crippen molar-refractivity contribution in [3.05, 3.63) is 59.4 Å². The van der Waals surface area contributed by atoms with E-state index in [9.17, 15) is 9.59 Å². The summed E-state index contributed by atoms with van der Waals surface area (Å²) in [6.45, 7) is 4.16. The molecule has 0 atom stereocenters. The minimum absolute atomic E-state index is 0.214. The highest BCUT2D eigenvalue weighted by Crippen LogP contribution is 2.24. The molecule has 5 heteroatoms. The van der Waals surface area contributed by atoms with Crippen LogP contribution in [0.15, 0.2) is 42.5 Å². The van der Waals surface area contributed by atoms with Crippen LogP contribution in [0.3, 0.4) is 0 Å². The van der Waals surface area contributed by atoms with Gasteiger partial charge in [0.25, 0.3) is 11.8 Å². The lowest BCUT2D eigenvalue weighted by atomic mass is 10.0. The number of carbonyl (C=O) groups excluding carboxylic acids is 2. The number of hydrogen-bond donors (Lipinski definition) is 2. The van der Waals surface area contributed by atoms with E-state index in [1.54, 1.807) is 18.2 Å². The lowest BCUT2D eigenvalue weighted by molar-refractivity contribution is 0.0932. The van der Waals surface area contributed by atoms with E-state index in [1.165, 1.54) is 0 Å². The second-order valence-electron chi connectivity index (χ2n) is 7.06. The molecule has 1 fully saturated rings. The third-order valence-corrected chi connectivity index (χ3v) is 4.74. The van der Waals surface area contributed by atoms with E-state index in [1.807, 2.05) is 24.3 Å². The first-order valence-corrected chi connectivity index (χ1v) is 9.23. The van der Waals surface area contributed by atoms with Crippen molar-refractivity contribution in [3.8, 4) is 0 Å². The molecule has 1 aromatic carbocycles. The molecule has 0 aliphatic heterocycles. The zero-order chi connectivity index (χ0) is 18.5. The SMILES string of the molecule is CC(C)c1ccccc1NC(=O)c1cccc(C(=O)NC2CCCC2)n1. The lowest BCUT2D eigenvalue weighted by Crippen LogP contribution is -2.33. The number of nitrogens with zero attached hydrogens (tertiary/aromatic N) is 1. The van der Waals surface area contributed by atoms with Crippen molar-refractivity contribution >= 4 is 17.5 Å². The first-order chi connectivity index (χ1) is 12.5. The van der Waals surface area contributed by atoms with Crippen molar-refractivity contribution < 1.29 is 9.59 Å². The van der Waals surface area contributed by atoms with Crippen LogP contribution in [0.5, 0.6) is 0 Å². The fourth-order valence-corrected chi connectivity index (χ4v) is 3.32. The molecule has 2 amide bonds. The molecule has 5 nitrogen and oxygen atoms in total. The highest BCUT2D eigenvalue weighted by atomic mass is 16.2. The third-order valence-electron chi connectivity index (χ3n) is 4.74. The number of aromatic nitrogens is 1. The quantitative estimate of drug-likeness (QED) is 0.851. The van der Waals surface area contributed by atoms with Gasteiger partial charge in [0.05, 0.1) is 0 Å². The second-order valence-corrected chi connectivity index (χ2v) is 7.06. The summed E-state index contributed by atoms with van der Waals surface area (Å²) in [6.07, 6.45) is 4.32. The summed E-state index contributed by atoms with van der Waals surface area (Å²) in [5.41, 5.74) is 2.36. The Labute approximate surface area is 154 Å². The molecule has 1 saturated carbocycles. The van der Waals surface area contributed by atoms with Crippen molar-refractivity contribution in [2.75, 3.05) is 5.32 Å². The van der Waals surface area contributed by atoms with Gasteiger partial charge in [-0.1, -0.05) is 51.0 Å². The van der Waals surface area contributed by atoms with E-state index >= 15 is 0 Å². The number of benzene rings is 1. The number of anilines is 1. The first-order valence-electron chi connectivity index (χ1n) is 9.23. The molecule has 2 aromatic rings. The summed E-state index contributed by atoms with van der Waals surface area (Å²) in [7, 11) is 0. The summed E-state index contributed by atoms with van der Waals surface area (Å²) in [5, 5.41) is 5.92. The maximum atomic E-state index is 12.6. The number of carbonyl (C=O) groups is 2. The lowest BCUT2D eigenvalue weighted by Gasteiger charge is -2.14. The molecule has 0 spiro atoms. The van der Waals surface area contributed by atoms with E-state index in [-0.39, 0.29) is 29.2 Å². The smallest absolute Gasteiger partial charge is 0.274 e. The number of hydrogen-bond acceptors (Lipinski definition) is 3. The number of rotatable bonds is 5. The van der Waals surface area contributed by atoms with E-state index in [4.69, 9.17) is 0 Å². The van der Waals surface area contributed by atoms with Gasteiger partial charge in [-0.05, 0) is 42.5 Å². The fourth-order valence-electron chi connectivity index (χ4n) is 3.32. The molecule has 2 N–H and O–H groups in total. The predicted molar refractivity (Wildman–Crippen MR) is 102 cm³/mol. The zero-order valence-electron chi connectivity index (χ0n) is 15.3. The molecule has 3 rings (SSSR count). The summed E-state index contributed by atoms with van der Waals surface area (Å²) in [5.74, 6) is -0.231. The maximum Gasteiger partial charge on any atom is 0.274 e. The van der Waals surface area contributed by atoms with Crippen LogP contribution in [0.2, 0.25) is 0 Å². The highest BCUT2D eigenvalue weighted by molar-refractivity contribution is 6.04. The van der Waals surface area contributed by atoms with E-state index in [0.29, 0.717) is 5.92 Å². The van der Waals surface area contributed by atoms with Crippen LogP contribution in [-0.4, -0.2) is 22.8 Å². The Hall–Kier alpha value is -2.69. The van der Waals surface area contributed by atoms with Gasteiger partial charge in [0.2, 0.25) is 0 Å². The number of pyridine rings is 1. The van der Waals surface area contributed by atoms with Gasteiger partial charge in [-0.25, -0.2) is 4.98 Å². The van der Waals surface area contributed by atoms with Crippen molar-refractivity contribution in [2.45, 2.75) is 51.5 Å². The van der Waals surface area contributed by atoms with Gasteiger partial charge in [0.15, 0.2) is 0 Å². The largest absolute Gasteiger partial charge is 0.348 e. The fraction of sp³-hybridized carbons (Fsp3) is 0.381. The first kappa shape index (κ1) is 18.1. The van der Waals surface area contributed by atoms with Gasteiger partial charge in [0.1, 0.15) is 11.4 Å². The topological polar surface area (TPSA) is 71.1 Å². The van der Waals surface area contributed by atoms with Crippen LogP contribution in [-0.2, 0) is 0 Å². The Balaban J connectivity index is 1.73. The monoisotopic (exact) mass is 351 g/mol. The molecule has 26 heavy (non-hydrogen) atoms. The molecule has 1 heterocycles. The molecule has 0 radical (unpaired) electrons. The molecule has 0 bridgehead atoms. The predicted octanol–water partition coefficient (Wildman–Crippen LogP) is 4.13. The van der Waals surface area contributed by atoms with E-state index in [2.05, 4.69) is 29.5 Å². The molecule has 1 aliphatic carbocycles. The minimum atomic E-state index is -0.311. The van der Waals surface area contributed by atoms with Gasteiger partial charge in [0, 0.05) is 11.7 Å². The highest BCUT2D eigenvalue weighted by Gasteiger charge is 2.19. The van der Waals surface area contributed by atoms with Gasteiger partial charge in [-0.3, -0.25) is 9.59 Å². The van der Waals surface area contributed by atoms with Crippen LogP contribution >= 0.6 is 0 Å². The summed E-state index contributed by atoms with van der Waals surface area (Å²) < 4.78 is 0. The molecular weight excluding hydrogens is 326 g/mol. The average molecular weight is 351 g/mol. The Morgan fingerprint density at radius 1 is 0.962 bits per heavy atom. The van der Waals surface area contributed by atoms with Crippen LogP contribution in [0.1, 0.15) is 72.0 Å². The maximum absolute atomic E-state index is 12.6. The van der Waals surface area contributed by atoms with Crippen molar-refractivity contribution in [2.24, 2.45) is 0 Å². The molecule has 0 saturated heterocycles. The van der Waals surface area contributed by atoms with Crippen LogP contribution in [0, 0.1) is 0 Å².